The average Bonchev–Trinajstić information content (AvgIpc) is 2.79. The number of sulfonamides is 1. The second kappa shape index (κ2) is 9.01. The third kappa shape index (κ3) is 4.62. The predicted octanol–water partition coefficient (Wildman–Crippen LogP) is 3.75. The number of ether oxygens (including phenoxy) is 1. The Kier molecular flexibility index (Phi) is 6.34. The van der Waals surface area contributed by atoms with E-state index in [2.05, 4.69) is 17.7 Å². The Labute approximate surface area is 184 Å². The molecule has 2 aromatic carbocycles. The minimum Gasteiger partial charge on any atom is -0.495 e. The summed E-state index contributed by atoms with van der Waals surface area (Å²) in [6, 6.07) is 12.7. The van der Waals surface area contributed by atoms with Crippen LogP contribution in [0.5, 0.6) is 5.75 Å². The van der Waals surface area contributed by atoms with Gasteiger partial charge in [-0.2, -0.15) is 0 Å². The van der Waals surface area contributed by atoms with Crippen molar-refractivity contribution in [2.45, 2.75) is 56.5 Å². The van der Waals surface area contributed by atoms with Gasteiger partial charge in [0, 0.05) is 24.7 Å². The molecule has 2 aromatic rings. The number of rotatable bonds is 5. The molecule has 1 fully saturated rings. The molecule has 2 unspecified atom stereocenters. The van der Waals surface area contributed by atoms with Crippen molar-refractivity contribution < 1.29 is 17.9 Å². The van der Waals surface area contributed by atoms with E-state index in [0.29, 0.717) is 18.7 Å². The summed E-state index contributed by atoms with van der Waals surface area (Å²) in [4.78, 5) is 15.0. The van der Waals surface area contributed by atoms with E-state index in [1.807, 2.05) is 18.2 Å². The smallest absolute Gasteiger partial charge is 0.254 e. The van der Waals surface area contributed by atoms with Crippen LogP contribution in [0.15, 0.2) is 47.4 Å². The molecule has 1 heterocycles. The number of fused-ring (bicyclic) bond motifs is 1. The fourth-order valence-electron chi connectivity index (χ4n) is 4.63. The molecule has 6 nitrogen and oxygen atoms in total. The van der Waals surface area contributed by atoms with Crippen LogP contribution in [0.3, 0.4) is 0 Å². The Hall–Kier alpha value is -2.38. The summed E-state index contributed by atoms with van der Waals surface area (Å²) in [5.41, 5.74) is 2.75. The van der Waals surface area contributed by atoms with Gasteiger partial charge in [-0.15, -0.1) is 0 Å². The molecule has 0 bridgehead atoms. The summed E-state index contributed by atoms with van der Waals surface area (Å²) in [6.45, 7) is 3.22. The van der Waals surface area contributed by atoms with Crippen molar-refractivity contribution in [2.24, 2.45) is 5.92 Å². The largest absolute Gasteiger partial charge is 0.495 e. The molecule has 0 aromatic heterocycles. The first-order valence-electron chi connectivity index (χ1n) is 11.0. The molecular weight excluding hydrogens is 412 g/mol. The van der Waals surface area contributed by atoms with Gasteiger partial charge in [0.05, 0.1) is 7.11 Å². The first-order valence-corrected chi connectivity index (χ1v) is 12.4. The van der Waals surface area contributed by atoms with Crippen molar-refractivity contribution in [3.8, 4) is 5.75 Å². The monoisotopic (exact) mass is 442 g/mol. The van der Waals surface area contributed by atoms with E-state index in [-0.39, 0.29) is 28.5 Å². The van der Waals surface area contributed by atoms with Gasteiger partial charge in [-0.05, 0) is 54.5 Å². The number of nitrogens with one attached hydrogen (secondary N) is 1. The van der Waals surface area contributed by atoms with Crippen molar-refractivity contribution in [3.63, 3.8) is 0 Å². The zero-order valence-corrected chi connectivity index (χ0v) is 19.0. The van der Waals surface area contributed by atoms with Gasteiger partial charge in [0.25, 0.3) is 5.91 Å². The van der Waals surface area contributed by atoms with Gasteiger partial charge in [-0.25, -0.2) is 13.1 Å². The number of hydrogen-bond acceptors (Lipinski definition) is 4. The number of nitrogens with zero attached hydrogens (tertiary/aromatic N) is 1. The van der Waals surface area contributed by atoms with E-state index >= 15 is 0 Å². The van der Waals surface area contributed by atoms with Crippen LogP contribution >= 0.6 is 0 Å². The van der Waals surface area contributed by atoms with Gasteiger partial charge in [0.15, 0.2) is 0 Å². The molecule has 1 aliphatic carbocycles. The van der Waals surface area contributed by atoms with Crippen LogP contribution in [-0.4, -0.2) is 38.9 Å². The lowest BCUT2D eigenvalue weighted by atomic mass is 9.87. The summed E-state index contributed by atoms with van der Waals surface area (Å²) in [5, 5.41) is 0. The second-order valence-electron chi connectivity index (χ2n) is 8.60. The van der Waals surface area contributed by atoms with E-state index in [1.165, 1.54) is 18.7 Å². The first-order chi connectivity index (χ1) is 14.9. The number of benzene rings is 2. The minimum absolute atomic E-state index is 0.0241. The number of amides is 1. The van der Waals surface area contributed by atoms with Gasteiger partial charge in [0.1, 0.15) is 10.6 Å². The number of carbonyl (C=O) groups is 1. The molecule has 1 N–H and O–H groups in total. The van der Waals surface area contributed by atoms with Crippen molar-refractivity contribution in [2.75, 3.05) is 13.7 Å². The highest BCUT2D eigenvalue weighted by molar-refractivity contribution is 7.89. The summed E-state index contributed by atoms with van der Waals surface area (Å²) >= 11 is 0. The number of methoxy groups -OCH3 is 1. The Morgan fingerprint density at radius 1 is 1.10 bits per heavy atom. The zero-order valence-electron chi connectivity index (χ0n) is 18.1. The van der Waals surface area contributed by atoms with Gasteiger partial charge < -0.3 is 9.64 Å². The van der Waals surface area contributed by atoms with Crippen LogP contribution in [0.4, 0.5) is 0 Å². The SMILES string of the molecule is COc1ccc(C(=O)N2CCc3ccccc3C2)cc1S(=O)(=O)NC1CCCCC1C. The molecule has 1 amide bonds. The van der Waals surface area contributed by atoms with E-state index < -0.39 is 10.0 Å². The van der Waals surface area contributed by atoms with Gasteiger partial charge in [-0.1, -0.05) is 44.0 Å². The predicted molar refractivity (Wildman–Crippen MR) is 120 cm³/mol. The number of carbonyl (C=O) groups excluding carboxylic acids is 1. The van der Waals surface area contributed by atoms with E-state index in [4.69, 9.17) is 4.74 Å². The lowest BCUT2D eigenvalue weighted by Gasteiger charge is -2.30. The molecule has 0 saturated heterocycles. The van der Waals surface area contributed by atoms with Gasteiger partial charge in [-0.3, -0.25) is 4.79 Å². The summed E-state index contributed by atoms with van der Waals surface area (Å²) in [6.07, 6.45) is 4.79. The maximum absolute atomic E-state index is 13.2. The lowest BCUT2D eigenvalue weighted by molar-refractivity contribution is 0.0734. The number of hydrogen-bond donors (Lipinski definition) is 1. The Morgan fingerprint density at radius 3 is 2.58 bits per heavy atom. The highest BCUT2D eigenvalue weighted by atomic mass is 32.2. The average molecular weight is 443 g/mol. The van der Waals surface area contributed by atoms with Crippen molar-refractivity contribution >= 4 is 15.9 Å². The maximum atomic E-state index is 13.2. The lowest BCUT2D eigenvalue weighted by Crippen LogP contribution is -2.41. The molecule has 1 saturated carbocycles. The quantitative estimate of drug-likeness (QED) is 0.765. The Morgan fingerprint density at radius 2 is 1.84 bits per heavy atom. The highest BCUT2D eigenvalue weighted by Gasteiger charge is 2.30. The first kappa shape index (κ1) is 21.8. The van der Waals surface area contributed by atoms with Crippen LogP contribution in [0.25, 0.3) is 0 Å². The van der Waals surface area contributed by atoms with Crippen molar-refractivity contribution in [1.29, 1.82) is 0 Å². The van der Waals surface area contributed by atoms with Crippen LogP contribution in [-0.2, 0) is 23.0 Å². The fraction of sp³-hybridized carbons (Fsp3) is 0.458. The van der Waals surface area contributed by atoms with Crippen molar-refractivity contribution in [1.82, 2.24) is 9.62 Å². The molecular formula is C24H30N2O4S. The second-order valence-corrected chi connectivity index (χ2v) is 10.3. The molecule has 4 rings (SSSR count). The highest BCUT2D eigenvalue weighted by Crippen LogP contribution is 2.30. The molecule has 2 atom stereocenters. The Balaban J connectivity index is 1.59. The molecule has 0 spiro atoms. The molecule has 166 valence electrons. The van der Waals surface area contributed by atoms with Crippen LogP contribution < -0.4 is 9.46 Å². The third-order valence-electron chi connectivity index (χ3n) is 6.54. The van der Waals surface area contributed by atoms with E-state index in [9.17, 15) is 13.2 Å². The van der Waals surface area contributed by atoms with E-state index in [1.54, 1.807) is 17.0 Å². The summed E-state index contributed by atoms with van der Waals surface area (Å²) in [7, 11) is -2.37. The molecule has 1 aliphatic heterocycles. The topological polar surface area (TPSA) is 75.7 Å². The van der Waals surface area contributed by atoms with Crippen LogP contribution in [0.1, 0.15) is 54.1 Å². The van der Waals surface area contributed by atoms with Gasteiger partial charge >= 0.3 is 0 Å². The molecule has 31 heavy (non-hydrogen) atoms. The minimum atomic E-state index is -3.82. The summed E-state index contributed by atoms with van der Waals surface area (Å²) < 4.78 is 34.6. The molecule has 2 aliphatic rings. The molecule has 0 radical (unpaired) electrons. The third-order valence-corrected chi connectivity index (χ3v) is 8.05. The van der Waals surface area contributed by atoms with Crippen molar-refractivity contribution in [3.05, 3.63) is 59.2 Å². The molecule has 7 heteroatoms. The van der Waals surface area contributed by atoms with Crippen LogP contribution in [0, 0.1) is 5.92 Å². The fourth-order valence-corrected chi connectivity index (χ4v) is 6.20. The maximum Gasteiger partial charge on any atom is 0.254 e. The zero-order chi connectivity index (χ0) is 22.0. The van der Waals surface area contributed by atoms with Crippen LogP contribution in [0.2, 0.25) is 0 Å². The summed E-state index contributed by atoms with van der Waals surface area (Å²) in [5.74, 6) is 0.365. The van der Waals surface area contributed by atoms with Gasteiger partial charge in [0.2, 0.25) is 10.0 Å². The Bertz CT molecular complexity index is 1070. The van der Waals surface area contributed by atoms with E-state index in [0.717, 1.165) is 37.7 Å². The standard InChI is InChI=1S/C24H30N2O4S/c1-17-7-3-6-10-21(17)25-31(28,29)23-15-19(11-12-22(23)30-2)24(27)26-14-13-18-8-4-5-9-20(18)16-26/h4-5,8-9,11-12,15,17,21,25H,3,6-7,10,13-14,16H2,1-2H3. The normalized spacial score (nSPS) is 21.4.